The molecular formula is C11H7N3O2. The lowest BCUT2D eigenvalue weighted by Gasteiger charge is -2.00. The predicted octanol–water partition coefficient (Wildman–Crippen LogP) is 1.81. The third-order valence-electron chi connectivity index (χ3n) is 2.53. The Morgan fingerprint density at radius 2 is 2.19 bits per heavy atom. The molecule has 0 aliphatic heterocycles. The molecule has 3 aromatic rings. The molecule has 16 heavy (non-hydrogen) atoms. The summed E-state index contributed by atoms with van der Waals surface area (Å²) in [5.41, 5.74) is 1.86. The number of carboxylic acid groups (broad SMARTS) is 1. The molecule has 5 heteroatoms. The number of hydrogen-bond donors (Lipinski definition) is 2. The van der Waals surface area contributed by atoms with Crippen molar-refractivity contribution in [3.05, 3.63) is 36.2 Å². The summed E-state index contributed by atoms with van der Waals surface area (Å²) in [7, 11) is 0. The maximum atomic E-state index is 10.8. The normalized spacial score (nSPS) is 11.0. The van der Waals surface area contributed by atoms with E-state index in [9.17, 15) is 4.79 Å². The zero-order valence-electron chi connectivity index (χ0n) is 8.14. The third kappa shape index (κ3) is 1.15. The minimum atomic E-state index is -0.938. The summed E-state index contributed by atoms with van der Waals surface area (Å²) in [5.74, 6) is -0.938. The second-order valence-corrected chi connectivity index (χ2v) is 3.50. The number of nitrogens with one attached hydrogen (secondary N) is 1. The van der Waals surface area contributed by atoms with Crippen LogP contribution < -0.4 is 0 Å². The van der Waals surface area contributed by atoms with E-state index in [2.05, 4.69) is 15.2 Å². The Kier molecular flexibility index (Phi) is 1.67. The van der Waals surface area contributed by atoms with Gasteiger partial charge in [-0.2, -0.15) is 5.10 Å². The first-order chi connectivity index (χ1) is 7.75. The molecule has 2 N–H and O–H groups in total. The monoisotopic (exact) mass is 213 g/mol. The van der Waals surface area contributed by atoms with Gasteiger partial charge < -0.3 is 5.11 Å². The second kappa shape index (κ2) is 3.03. The first-order valence-electron chi connectivity index (χ1n) is 4.71. The lowest BCUT2D eigenvalue weighted by molar-refractivity contribution is 0.0697. The summed E-state index contributed by atoms with van der Waals surface area (Å²) in [5, 5.41) is 17.3. The molecule has 2 aromatic heterocycles. The van der Waals surface area contributed by atoms with Gasteiger partial charge in [0, 0.05) is 17.0 Å². The number of hydrogen-bond acceptors (Lipinski definition) is 3. The molecule has 1 aromatic carbocycles. The smallest absolute Gasteiger partial charge is 0.335 e. The van der Waals surface area contributed by atoms with Crippen LogP contribution in [0.2, 0.25) is 0 Å². The number of fused-ring (bicyclic) bond motifs is 3. The maximum Gasteiger partial charge on any atom is 0.335 e. The van der Waals surface area contributed by atoms with Gasteiger partial charge in [0.1, 0.15) is 5.52 Å². The maximum absolute atomic E-state index is 10.8. The Morgan fingerprint density at radius 3 is 3.00 bits per heavy atom. The molecule has 0 aliphatic rings. The molecule has 0 saturated carbocycles. The molecule has 0 atom stereocenters. The van der Waals surface area contributed by atoms with Crippen molar-refractivity contribution < 1.29 is 9.90 Å². The minimum Gasteiger partial charge on any atom is -0.478 e. The summed E-state index contributed by atoms with van der Waals surface area (Å²) in [4.78, 5) is 15.0. The van der Waals surface area contributed by atoms with Crippen LogP contribution in [0.3, 0.4) is 0 Å². The molecule has 0 fully saturated rings. The van der Waals surface area contributed by atoms with Crippen molar-refractivity contribution in [1.29, 1.82) is 0 Å². The lowest BCUT2D eigenvalue weighted by atomic mass is 10.1. The van der Waals surface area contributed by atoms with Crippen molar-refractivity contribution in [3.8, 4) is 0 Å². The van der Waals surface area contributed by atoms with Crippen LogP contribution in [-0.2, 0) is 0 Å². The lowest BCUT2D eigenvalue weighted by Crippen LogP contribution is -1.95. The number of rotatable bonds is 1. The highest BCUT2D eigenvalue weighted by atomic mass is 16.4. The van der Waals surface area contributed by atoms with Gasteiger partial charge in [0.05, 0.1) is 17.3 Å². The van der Waals surface area contributed by atoms with Crippen molar-refractivity contribution >= 4 is 27.8 Å². The second-order valence-electron chi connectivity index (χ2n) is 3.50. The van der Waals surface area contributed by atoms with Crippen LogP contribution in [0.5, 0.6) is 0 Å². The summed E-state index contributed by atoms with van der Waals surface area (Å²) >= 11 is 0. The summed E-state index contributed by atoms with van der Waals surface area (Å²) < 4.78 is 0. The van der Waals surface area contributed by atoms with Crippen molar-refractivity contribution in [3.63, 3.8) is 0 Å². The van der Waals surface area contributed by atoms with E-state index in [1.54, 1.807) is 30.6 Å². The van der Waals surface area contributed by atoms with Crippen LogP contribution in [0, 0.1) is 0 Å². The fourth-order valence-corrected chi connectivity index (χ4v) is 1.75. The first kappa shape index (κ1) is 8.84. The highest BCUT2D eigenvalue weighted by molar-refractivity contribution is 6.05. The first-order valence-corrected chi connectivity index (χ1v) is 4.71. The number of benzene rings is 1. The zero-order chi connectivity index (χ0) is 11.1. The number of aromatic carboxylic acids is 1. The number of H-pyrrole nitrogens is 1. The van der Waals surface area contributed by atoms with Crippen molar-refractivity contribution in [2.24, 2.45) is 0 Å². The van der Waals surface area contributed by atoms with E-state index in [-0.39, 0.29) is 5.56 Å². The fourth-order valence-electron chi connectivity index (χ4n) is 1.75. The van der Waals surface area contributed by atoms with Gasteiger partial charge in [-0.3, -0.25) is 10.1 Å². The Hall–Kier alpha value is -2.43. The number of pyridine rings is 1. The van der Waals surface area contributed by atoms with Gasteiger partial charge in [-0.25, -0.2) is 4.79 Å². The molecule has 0 amide bonds. The largest absolute Gasteiger partial charge is 0.478 e. The highest BCUT2D eigenvalue weighted by Crippen LogP contribution is 2.22. The minimum absolute atomic E-state index is 0.258. The predicted molar refractivity (Wildman–Crippen MR) is 58.4 cm³/mol. The van der Waals surface area contributed by atoms with Crippen LogP contribution in [-0.4, -0.2) is 26.3 Å². The Morgan fingerprint density at radius 1 is 1.31 bits per heavy atom. The topological polar surface area (TPSA) is 78.9 Å². The van der Waals surface area contributed by atoms with Crippen LogP contribution in [0.25, 0.3) is 21.8 Å². The standard InChI is InChI=1S/C11H7N3O2/c15-11(16)6-1-2-8-7(3-6)4-12-9-5-13-14-10(8)9/h1-5H,(H,13,14)(H,15,16). The number of carboxylic acids is 1. The molecular weight excluding hydrogens is 206 g/mol. The molecule has 0 saturated heterocycles. The van der Waals surface area contributed by atoms with Gasteiger partial charge in [0.25, 0.3) is 0 Å². The van der Waals surface area contributed by atoms with Crippen molar-refractivity contribution in [1.82, 2.24) is 15.2 Å². The molecule has 3 rings (SSSR count). The molecule has 0 aliphatic carbocycles. The molecule has 0 bridgehead atoms. The molecule has 2 heterocycles. The Bertz CT molecular complexity index is 703. The van der Waals surface area contributed by atoms with E-state index in [4.69, 9.17) is 5.11 Å². The molecule has 0 radical (unpaired) electrons. The Balaban J connectivity index is 2.41. The highest BCUT2D eigenvalue weighted by Gasteiger charge is 2.07. The van der Waals surface area contributed by atoms with Crippen LogP contribution in [0.1, 0.15) is 10.4 Å². The average Bonchev–Trinajstić information content (AvgIpc) is 2.76. The molecule has 78 valence electrons. The van der Waals surface area contributed by atoms with Crippen LogP contribution in [0.4, 0.5) is 0 Å². The summed E-state index contributed by atoms with van der Waals surface area (Å²) in [6, 6.07) is 4.94. The fraction of sp³-hybridized carbons (Fsp3) is 0. The van der Waals surface area contributed by atoms with E-state index in [1.807, 2.05) is 0 Å². The average molecular weight is 213 g/mol. The SMILES string of the molecule is O=C(O)c1ccc2c(cnc3cn[nH]c32)c1. The van der Waals surface area contributed by atoms with Gasteiger partial charge in [-0.1, -0.05) is 6.07 Å². The number of aromatic nitrogens is 3. The van der Waals surface area contributed by atoms with Crippen molar-refractivity contribution in [2.45, 2.75) is 0 Å². The van der Waals surface area contributed by atoms with E-state index in [1.165, 1.54) is 0 Å². The van der Waals surface area contributed by atoms with Gasteiger partial charge in [-0.05, 0) is 12.1 Å². The quantitative estimate of drug-likeness (QED) is 0.646. The number of nitrogens with zero attached hydrogens (tertiary/aromatic N) is 2. The molecule has 0 spiro atoms. The van der Waals surface area contributed by atoms with Crippen LogP contribution in [0.15, 0.2) is 30.6 Å². The third-order valence-corrected chi connectivity index (χ3v) is 2.53. The summed E-state index contributed by atoms with van der Waals surface area (Å²) in [6.07, 6.45) is 3.29. The van der Waals surface area contributed by atoms with Crippen LogP contribution >= 0.6 is 0 Å². The van der Waals surface area contributed by atoms with E-state index >= 15 is 0 Å². The van der Waals surface area contributed by atoms with Crippen molar-refractivity contribution in [2.75, 3.05) is 0 Å². The zero-order valence-corrected chi connectivity index (χ0v) is 8.14. The van der Waals surface area contributed by atoms with Gasteiger partial charge in [0.15, 0.2) is 0 Å². The van der Waals surface area contributed by atoms with E-state index < -0.39 is 5.97 Å². The number of carbonyl (C=O) groups is 1. The molecule has 5 nitrogen and oxygen atoms in total. The Labute approximate surface area is 89.7 Å². The van der Waals surface area contributed by atoms with Gasteiger partial charge in [-0.15, -0.1) is 0 Å². The van der Waals surface area contributed by atoms with E-state index in [0.29, 0.717) is 0 Å². The van der Waals surface area contributed by atoms with E-state index in [0.717, 1.165) is 21.8 Å². The van der Waals surface area contributed by atoms with Gasteiger partial charge in [0.2, 0.25) is 0 Å². The summed E-state index contributed by atoms with van der Waals surface area (Å²) in [6.45, 7) is 0. The molecule has 0 unspecified atom stereocenters. The van der Waals surface area contributed by atoms with Gasteiger partial charge >= 0.3 is 5.97 Å². The number of aromatic amines is 1.